The van der Waals surface area contributed by atoms with Crippen molar-refractivity contribution in [3.8, 4) is 0 Å². The first-order valence-electron chi connectivity index (χ1n) is 4.49. The minimum absolute atomic E-state index is 0.0190. The normalized spacial score (nSPS) is 13.0. The number of rotatable bonds is 2. The second-order valence-corrected chi connectivity index (χ2v) is 4.19. The van der Waals surface area contributed by atoms with Gasteiger partial charge in [-0.2, -0.15) is 0 Å². The second-order valence-electron chi connectivity index (χ2n) is 4.19. The van der Waals surface area contributed by atoms with Gasteiger partial charge in [0.1, 0.15) is 0 Å². The molecule has 14 heavy (non-hydrogen) atoms. The van der Waals surface area contributed by atoms with Crippen molar-refractivity contribution in [2.24, 2.45) is 5.73 Å². The van der Waals surface area contributed by atoms with Crippen molar-refractivity contribution in [1.29, 1.82) is 0 Å². The van der Waals surface area contributed by atoms with Gasteiger partial charge in [0.25, 0.3) is 5.92 Å². The molecule has 78 valence electrons. The van der Waals surface area contributed by atoms with Gasteiger partial charge in [-0.25, -0.2) is 8.78 Å². The summed E-state index contributed by atoms with van der Waals surface area (Å²) in [6.45, 7) is 4.56. The van der Waals surface area contributed by atoms with E-state index in [0.29, 0.717) is 0 Å². The standard InChI is InChI=1S/C11H15F2N/c1-10(2,14)8-4-6-9(7-5-8)11(3,12)13/h4-7H,14H2,1-3H3. The zero-order valence-corrected chi connectivity index (χ0v) is 8.64. The van der Waals surface area contributed by atoms with E-state index in [1.165, 1.54) is 12.1 Å². The van der Waals surface area contributed by atoms with Gasteiger partial charge in [0, 0.05) is 18.0 Å². The Kier molecular flexibility index (Phi) is 2.63. The van der Waals surface area contributed by atoms with Crippen LogP contribution in [0, 0.1) is 0 Å². The molecular weight excluding hydrogens is 184 g/mol. The lowest BCUT2D eigenvalue weighted by atomic mass is 9.94. The molecule has 0 radical (unpaired) electrons. The van der Waals surface area contributed by atoms with Crippen molar-refractivity contribution >= 4 is 0 Å². The van der Waals surface area contributed by atoms with Crippen molar-refractivity contribution in [1.82, 2.24) is 0 Å². The van der Waals surface area contributed by atoms with Gasteiger partial charge in [-0.3, -0.25) is 0 Å². The molecule has 1 aromatic carbocycles. The predicted octanol–water partition coefficient (Wildman–Crippen LogP) is 2.99. The molecule has 1 aromatic rings. The SMILES string of the molecule is CC(C)(N)c1ccc(C(C)(F)F)cc1. The van der Waals surface area contributed by atoms with Gasteiger partial charge in [-0.05, 0) is 19.4 Å². The van der Waals surface area contributed by atoms with Crippen LogP contribution in [0.4, 0.5) is 8.78 Å². The quantitative estimate of drug-likeness (QED) is 0.778. The minimum atomic E-state index is -2.78. The Morgan fingerprint density at radius 3 is 1.57 bits per heavy atom. The van der Waals surface area contributed by atoms with E-state index in [2.05, 4.69) is 0 Å². The summed E-state index contributed by atoms with van der Waals surface area (Å²) in [5, 5.41) is 0. The maximum absolute atomic E-state index is 12.9. The predicted molar refractivity (Wildman–Crippen MR) is 53.2 cm³/mol. The first kappa shape index (κ1) is 11.1. The molecule has 0 aliphatic rings. The van der Waals surface area contributed by atoms with Crippen LogP contribution < -0.4 is 5.73 Å². The fraction of sp³-hybridized carbons (Fsp3) is 0.455. The Hall–Kier alpha value is -0.960. The van der Waals surface area contributed by atoms with E-state index in [0.717, 1.165) is 12.5 Å². The molecule has 3 heteroatoms. The molecule has 0 aromatic heterocycles. The van der Waals surface area contributed by atoms with Crippen molar-refractivity contribution in [2.45, 2.75) is 32.2 Å². The van der Waals surface area contributed by atoms with Crippen LogP contribution in [0.15, 0.2) is 24.3 Å². The summed E-state index contributed by atoms with van der Waals surface area (Å²) in [5.74, 6) is -2.78. The summed E-state index contributed by atoms with van der Waals surface area (Å²) in [6, 6.07) is 6.13. The summed E-state index contributed by atoms with van der Waals surface area (Å²) < 4.78 is 25.7. The highest BCUT2D eigenvalue weighted by molar-refractivity contribution is 5.29. The van der Waals surface area contributed by atoms with Gasteiger partial charge in [-0.15, -0.1) is 0 Å². The van der Waals surface area contributed by atoms with E-state index in [4.69, 9.17) is 5.73 Å². The Bertz CT molecular complexity index is 271. The van der Waals surface area contributed by atoms with E-state index in [1.54, 1.807) is 12.1 Å². The first-order valence-corrected chi connectivity index (χ1v) is 4.49. The van der Waals surface area contributed by atoms with Crippen molar-refractivity contribution < 1.29 is 8.78 Å². The molecule has 0 unspecified atom stereocenters. The lowest BCUT2D eigenvalue weighted by Crippen LogP contribution is -2.28. The van der Waals surface area contributed by atoms with Crippen LogP contribution in [0.25, 0.3) is 0 Å². The van der Waals surface area contributed by atoms with Crippen LogP contribution in [-0.4, -0.2) is 0 Å². The van der Waals surface area contributed by atoms with Gasteiger partial charge in [0.2, 0.25) is 0 Å². The third kappa shape index (κ3) is 2.51. The van der Waals surface area contributed by atoms with Crippen LogP contribution in [0.2, 0.25) is 0 Å². The van der Waals surface area contributed by atoms with Gasteiger partial charge >= 0.3 is 0 Å². The Morgan fingerprint density at radius 1 is 0.929 bits per heavy atom. The molecule has 0 heterocycles. The largest absolute Gasteiger partial charge is 0.322 e. The molecule has 2 N–H and O–H groups in total. The van der Waals surface area contributed by atoms with Crippen LogP contribution in [0.5, 0.6) is 0 Å². The lowest BCUT2D eigenvalue weighted by Gasteiger charge is -2.20. The topological polar surface area (TPSA) is 26.0 Å². The van der Waals surface area contributed by atoms with Crippen LogP contribution in [-0.2, 0) is 11.5 Å². The van der Waals surface area contributed by atoms with E-state index in [9.17, 15) is 8.78 Å². The van der Waals surface area contributed by atoms with Crippen molar-refractivity contribution in [2.75, 3.05) is 0 Å². The van der Waals surface area contributed by atoms with Crippen molar-refractivity contribution in [3.05, 3.63) is 35.4 Å². The van der Waals surface area contributed by atoms with Gasteiger partial charge < -0.3 is 5.73 Å². The van der Waals surface area contributed by atoms with E-state index in [-0.39, 0.29) is 5.56 Å². The summed E-state index contributed by atoms with van der Waals surface area (Å²) in [4.78, 5) is 0. The molecule has 0 amide bonds. The molecule has 0 atom stereocenters. The Morgan fingerprint density at radius 2 is 1.29 bits per heavy atom. The number of alkyl halides is 2. The highest BCUT2D eigenvalue weighted by atomic mass is 19.3. The zero-order chi connectivity index (χ0) is 11.0. The smallest absolute Gasteiger partial charge is 0.270 e. The van der Waals surface area contributed by atoms with Crippen LogP contribution in [0.1, 0.15) is 31.9 Å². The summed E-state index contributed by atoms with van der Waals surface area (Å²) in [6.07, 6.45) is 0. The third-order valence-corrected chi connectivity index (χ3v) is 2.14. The van der Waals surface area contributed by atoms with Gasteiger partial charge in [0.15, 0.2) is 0 Å². The van der Waals surface area contributed by atoms with E-state index in [1.807, 2.05) is 13.8 Å². The number of hydrogen-bond donors (Lipinski definition) is 1. The summed E-state index contributed by atoms with van der Waals surface area (Å²) in [5.41, 5.74) is 6.22. The number of benzene rings is 1. The maximum Gasteiger partial charge on any atom is 0.270 e. The molecule has 1 rings (SSSR count). The third-order valence-electron chi connectivity index (χ3n) is 2.14. The molecule has 1 nitrogen and oxygen atoms in total. The molecule has 0 spiro atoms. The molecule has 0 saturated carbocycles. The fourth-order valence-corrected chi connectivity index (χ4v) is 1.19. The maximum atomic E-state index is 12.9. The fourth-order valence-electron chi connectivity index (χ4n) is 1.19. The molecule has 0 bridgehead atoms. The van der Waals surface area contributed by atoms with E-state index < -0.39 is 11.5 Å². The van der Waals surface area contributed by atoms with Gasteiger partial charge in [-0.1, -0.05) is 24.3 Å². The minimum Gasteiger partial charge on any atom is -0.322 e. The average Bonchev–Trinajstić information content (AvgIpc) is 2.01. The number of halogens is 2. The second kappa shape index (κ2) is 3.31. The average molecular weight is 199 g/mol. The van der Waals surface area contributed by atoms with Gasteiger partial charge in [0.05, 0.1) is 0 Å². The Balaban J connectivity index is 3.02. The molecular formula is C11H15F2N. The molecule has 0 aliphatic heterocycles. The lowest BCUT2D eigenvalue weighted by molar-refractivity contribution is 0.0174. The first-order chi connectivity index (χ1) is 6.21. The summed E-state index contributed by atoms with van der Waals surface area (Å²) >= 11 is 0. The highest BCUT2D eigenvalue weighted by Crippen LogP contribution is 2.28. The Labute approximate surface area is 82.9 Å². The summed E-state index contributed by atoms with van der Waals surface area (Å²) in [7, 11) is 0. The zero-order valence-electron chi connectivity index (χ0n) is 8.64. The molecule has 0 aliphatic carbocycles. The number of hydrogen-bond acceptors (Lipinski definition) is 1. The van der Waals surface area contributed by atoms with Crippen LogP contribution in [0.3, 0.4) is 0 Å². The van der Waals surface area contributed by atoms with E-state index >= 15 is 0 Å². The molecule has 0 fully saturated rings. The monoisotopic (exact) mass is 199 g/mol. The molecule has 0 saturated heterocycles. The number of nitrogens with two attached hydrogens (primary N) is 1. The van der Waals surface area contributed by atoms with Crippen LogP contribution >= 0.6 is 0 Å². The van der Waals surface area contributed by atoms with Crippen molar-refractivity contribution in [3.63, 3.8) is 0 Å². The highest BCUT2D eigenvalue weighted by Gasteiger charge is 2.24.